The lowest BCUT2D eigenvalue weighted by Crippen LogP contribution is -1.91. The first kappa shape index (κ1) is 26.1. The maximum atomic E-state index is 6.48. The monoisotopic (exact) mass is 596 g/mol. The zero-order valence-corrected chi connectivity index (χ0v) is 25.6. The fraction of sp³-hybridized carbons (Fsp3) is 0. The predicted octanol–water partition coefficient (Wildman–Crippen LogP) is 13.2. The van der Waals surface area contributed by atoms with Gasteiger partial charge < -0.3 is 4.42 Å². The minimum absolute atomic E-state index is 0.913. The van der Waals surface area contributed by atoms with Crippen molar-refractivity contribution in [1.29, 1.82) is 0 Å². The maximum absolute atomic E-state index is 6.48. The van der Waals surface area contributed by atoms with Crippen LogP contribution in [0.5, 0.6) is 0 Å². The lowest BCUT2D eigenvalue weighted by Gasteiger charge is -2.18. The van der Waals surface area contributed by atoms with Gasteiger partial charge in [-0.3, -0.25) is 0 Å². The van der Waals surface area contributed by atoms with Crippen molar-refractivity contribution in [3.63, 3.8) is 0 Å². The van der Waals surface area contributed by atoms with E-state index < -0.39 is 0 Å². The van der Waals surface area contributed by atoms with E-state index >= 15 is 0 Å². The molecule has 0 fully saturated rings. The Bertz CT molecular complexity index is 2800. The minimum atomic E-state index is 0.913. The topological polar surface area (TPSA) is 13.1 Å². The van der Waals surface area contributed by atoms with Gasteiger partial charge in [0.15, 0.2) is 0 Å². The average Bonchev–Trinajstić information content (AvgIpc) is 3.52. The summed E-state index contributed by atoms with van der Waals surface area (Å²) in [7, 11) is 0. The molecule has 0 atom stereocenters. The Morgan fingerprint density at radius 2 is 0.809 bits per heavy atom. The van der Waals surface area contributed by atoms with Gasteiger partial charge >= 0.3 is 0 Å². The molecule has 0 spiro atoms. The van der Waals surface area contributed by atoms with Crippen LogP contribution in [0.25, 0.3) is 98.4 Å². The molecule has 10 aromatic rings. The van der Waals surface area contributed by atoms with E-state index in [0.29, 0.717) is 0 Å². The fourth-order valence-electron chi connectivity index (χ4n) is 7.63. The van der Waals surface area contributed by atoms with Gasteiger partial charge in [-0.15, -0.1) is 0 Å². The van der Waals surface area contributed by atoms with Crippen molar-refractivity contribution in [3.05, 3.63) is 170 Å². The molecule has 1 aromatic heterocycles. The highest BCUT2D eigenvalue weighted by Crippen LogP contribution is 2.45. The van der Waals surface area contributed by atoms with Crippen molar-refractivity contribution in [3.8, 4) is 33.4 Å². The predicted molar refractivity (Wildman–Crippen MR) is 200 cm³/mol. The largest absolute Gasteiger partial charge is 0.455 e. The SMILES string of the molecule is c1cc(-c2ccc3ccccc3c2)cc(-c2c3ccccc3c(-c3ccc4oc5c6ccccc6ccc5c4c3)c3ccccc23)c1. The lowest BCUT2D eigenvalue weighted by molar-refractivity contribution is 0.672. The number of hydrogen-bond donors (Lipinski definition) is 0. The zero-order valence-electron chi connectivity index (χ0n) is 25.6. The molecule has 0 aliphatic carbocycles. The summed E-state index contributed by atoms with van der Waals surface area (Å²) in [6.45, 7) is 0. The van der Waals surface area contributed by atoms with E-state index in [-0.39, 0.29) is 0 Å². The van der Waals surface area contributed by atoms with Gasteiger partial charge in [-0.05, 0) is 101 Å². The molecule has 9 aromatic carbocycles. The van der Waals surface area contributed by atoms with Crippen LogP contribution >= 0.6 is 0 Å². The highest BCUT2D eigenvalue weighted by Gasteiger charge is 2.18. The highest BCUT2D eigenvalue weighted by molar-refractivity contribution is 6.23. The van der Waals surface area contributed by atoms with E-state index in [1.165, 1.54) is 71.1 Å². The fourth-order valence-corrected chi connectivity index (χ4v) is 7.63. The molecule has 0 saturated carbocycles. The summed E-state index contributed by atoms with van der Waals surface area (Å²) < 4.78 is 6.48. The number of furan rings is 1. The standard InChI is InChI=1S/C46H28O/c1-2-12-31-26-33(21-20-29(31)10-1)32-13-9-14-34(27-32)44-37-16-5-7-18-39(37)45(40-19-8-6-17-38(40)44)35-23-25-43-42(28-35)41-24-22-30-11-3-4-15-36(30)46(41)47-43/h1-28H. The summed E-state index contributed by atoms with van der Waals surface area (Å²) in [6, 6.07) is 61.6. The Kier molecular flexibility index (Phi) is 5.64. The molecule has 0 N–H and O–H groups in total. The molecule has 0 saturated heterocycles. The summed E-state index contributed by atoms with van der Waals surface area (Å²) in [4.78, 5) is 0. The Morgan fingerprint density at radius 3 is 1.53 bits per heavy atom. The molecule has 1 heteroatoms. The van der Waals surface area contributed by atoms with E-state index in [4.69, 9.17) is 4.42 Å². The molecule has 0 unspecified atom stereocenters. The molecule has 0 radical (unpaired) electrons. The van der Waals surface area contributed by atoms with Gasteiger partial charge in [0.1, 0.15) is 11.2 Å². The van der Waals surface area contributed by atoms with Crippen molar-refractivity contribution in [2.75, 3.05) is 0 Å². The first-order chi connectivity index (χ1) is 23.3. The van der Waals surface area contributed by atoms with Gasteiger partial charge in [0.25, 0.3) is 0 Å². The van der Waals surface area contributed by atoms with Crippen molar-refractivity contribution in [2.45, 2.75) is 0 Å². The lowest BCUT2D eigenvalue weighted by atomic mass is 9.85. The summed E-state index contributed by atoms with van der Waals surface area (Å²) in [5, 5.41) is 12.1. The van der Waals surface area contributed by atoms with Crippen LogP contribution in [0.4, 0.5) is 0 Å². The van der Waals surface area contributed by atoms with Crippen molar-refractivity contribution in [2.24, 2.45) is 0 Å². The molecule has 0 amide bonds. The van der Waals surface area contributed by atoms with E-state index in [9.17, 15) is 0 Å². The van der Waals surface area contributed by atoms with E-state index in [1.807, 2.05) is 0 Å². The Labute approximate surface area is 271 Å². The quantitative estimate of drug-likeness (QED) is 0.185. The molecule has 218 valence electrons. The van der Waals surface area contributed by atoms with Crippen LogP contribution in [0.1, 0.15) is 0 Å². The third kappa shape index (κ3) is 4.03. The van der Waals surface area contributed by atoms with Gasteiger partial charge in [0, 0.05) is 16.2 Å². The molecular formula is C46H28O. The molecule has 47 heavy (non-hydrogen) atoms. The van der Waals surface area contributed by atoms with E-state index in [0.717, 1.165) is 27.3 Å². The smallest absolute Gasteiger partial charge is 0.143 e. The normalized spacial score (nSPS) is 11.8. The maximum Gasteiger partial charge on any atom is 0.143 e. The molecule has 0 bridgehead atoms. The van der Waals surface area contributed by atoms with Crippen LogP contribution in [0.3, 0.4) is 0 Å². The second-order valence-electron chi connectivity index (χ2n) is 12.5. The second-order valence-corrected chi connectivity index (χ2v) is 12.5. The molecule has 0 aliphatic rings. The summed E-state index contributed by atoms with van der Waals surface area (Å²) in [5.41, 5.74) is 9.24. The van der Waals surface area contributed by atoms with Gasteiger partial charge in [-0.25, -0.2) is 0 Å². The van der Waals surface area contributed by atoms with Crippen LogP contribution in [-0.2, 0) is 0 Å². The zero-order chi connectivity index (χ0) is 30.9. The Morgan fingerprint density at radius 1 is 0.277 bits per heavy atom. The van der Waals surface area contributed by atoms with Gasteiger partial charge in [0.05, 0.1) is 0 Å². The highest BCUT2D eigenvalue weighted by atomic mass is 16.3. The number of rotatable bonds is 3. The first-order valence-electron chi connectivity index (χ1n) is 16.2. The van der Waals surface area contributed by atoms with Crippen LogP contribution < -0.4 is 0 Å². The van der Waals surface area contributed by atoms with Crippen molar-refractivity contribution < 1.29 is 4.42 Å². The van der Waals surface area contributed by atoms with Crippen LogP contribution in [0.2, 0.25) is 0 Å². The Hall–Kier alpha value is -6.18. The third-order valence-electron chi connectivity index (χ3n) is 9.82. The molecule has 0 aliphatic heterocycles. The number of benzene rings is 9. The van der Waals surface area contributed by atoms with Gasteiger partial charge in [0.2, 0.25) is 0 Å². The van der Waals surface area contributed by atoms with Crippen LogP contribution in [0.15, 0.2) is 174 Å². The second kappa shape index (κ2) is 10.2. The van der Waals surface area contributed by atoms with E-state index in [1.54, 1.807) is 0 Å². The summed E-state index contributed by atoms with van der Waals surface area (Å²) >= 11 is 0. The van der Waals surface area contributed by atoms with Gasteiger partial charge in [-0.2, -0.15) is 0 Å². The van der Waals surface area contributed by atoms with Crippen molar-refractivity contribution >= 4 is 65.0 Å². The van der Waals surface area contributed by atoms with Crippen LogP contribution in [0, 0.1) is 0 Å². The van der Waals surface area contributed by atoms with Crippen LogP contribution in [-0.4, -0.2) is 0 Å². The average molecular weight is 597 g/mol. The minimum Gasteiger partial charge on any atom is -0.455 e. The number of fused-ring (bicyclic) bond motifs is 8. The summed E-state index contributed by atoms with van der Waals surface area (Å²) in [5.74, 6) is 0. The Balaban J connectivity index is 1.21. The third-order valence-corrected chi connectivity index (χ3v) is 9.82. The molecular weight excluding hydrogens is 569 g/mol. The van der Waals surface area contributed by atoms with Gasteiger partial charge in [-0.1, -0.05) is 140 Å². The summed E-state index contributed by atoms with van der Waals surface area (Å²) in [6.07, 6.45) is 0. The van der Waals surface area contributed by atoms with Crippen molar-refractivity contribution in [1.82, 2.24) is 0 Å². The molecule has 10 rings (SSSR count). The molecule has 1 nitrogen and oxygen atoms in total. The first-order valence-corrected chi connectivity index (χ1v) is 16.2. The molecule has 1 heterocycles. The van der Waals surface area contributed by atoms with E-state index in [2.05, 4.69) is 170 Å². The number of hydrogen-bond acceptors (Lipinski definition) is 1.